The van der Waals surface area contributed by atoms with Crippen LogP contribution in [0.2, 0.25) is 5.02 Å². The van der Waals surface area contributed by atoms with Crippen molar-refractivity contribution in [3.8, 4) is 5.75 Å². The Bertz CT molecular complexity index is 545. The maximum absolute atomic E-state index is 6.21. The van der Waals surface area contributed by atoms with Crippen molar-refractivity contribution in [3.63, 3.8) is 0 Å². The normalized spacial score (nSPS) is 12.2. The Morgan fingerprint density at radius 2 is 2.05 bits per heavy atom. The number of rotatable bonds is 5. The standard InChI is InChI=1S/C15H17ClN2O/c1-17-13(10-11-6-3-4-7-12(11)16)15-14(19-2)8-5-9-18-15/h3-9,13,17H,10H2,1-2H3. The van der Waals surface area contributed by atoms with E-state index >= 15 is 0 Å². The van der Waals surface area contributed by atoms with Crippen LogP contribution in [0.25, 0.3) is 0 Å². The number of aromatic nitrogens is 1. The zero-order valence-corrected chi connectivity index (χ0v) is 11.8. The van der Waals surface area contributed by atoms with Gasteiger partial charge in [0, 0.05) is 11.2 Å². The molecule has 0 radical (unpaired) electrons. The van der Waals surface area contributed by atoms with Crippen LogP contribution in [-0.4, -0.2) is 19.1 Å². The van der Waals surface area contributed by atoms with Crippen LogP contribution < -0.4 is 10.1 Å². The smallest absolute Gasteiger partial charge is 0.141 e. The summed E-state index contributed by atoms with van der Waals surface area (Å²) in [6.07, 6.45) is 2.54. The molecule has 0 aliphatic heterocycles. The number of ether oxygens (including phenoxy) is 1. The van der Waals surface area contributed by atoms with Crippen molar-refractivity contribution >= 4 is 11.6 Å². The predicted octanol–water partition coefficient (Wildman–Crippen LogP) is 3.25. The van der Waals surface area contributed by atoms with Crippen LogP contribution in [-0.2, 0) is 6.42 Å². The lowest BCUT2D eigenvalue weighted by atomic mass is 10.0. The van der Waals surface area contributed by atoms with E-state index in [4.69, 9.17) is 16.3 Å². The van der Waals surface area contributed by atoms with Gasteiger partial charge >= 0.3 is 0 Å². The molecule has 3 nitrogen and oxygen atoms in total. The highest BCUT2D eigenvalue weighted by Crippen LogP contribution is 2.27. The highest BCUT2D eigenvalue weighted by Gasteiger charge is 2.17. The van der Waals surface area contributed by atoms with Crippen LogP contribution in [0, 0.1) is 0 Å². The molecule has 1 N–H and O–H groups in total. The Kier molecular flexibility index (Phi) is 4.77. The Hall–Kier alpha value is -1.58. The third-order valence-corrected chi connectivity index (χ3v) is 3.45. The summed E-state index contributed by atoms with van der Waals surface area (Å²) in [6.45, 7) is 0. The summed E-state index contributed by atoms with van der Waals surface area (Å²) in [6, 6.07) is 11.7. The van der Waals surface area contributed by atoms with E-state index < -0.39 is 0 Å². The average Bonchev–Trinajstić information content (AvgIpc) is 2.46. The van der Waals surface area contributed by atoms with Gasteiger partial charge in [-0.1, -0.05) is 29.8 Å². The first kappa shape index (κ1) is 13.8. The summed E-state index contributed by atoms with van der Waals surface area (Å²) >= 11 is 6.21. The van der Waals surface area contributed by atoms with Crippen LogP contribution in [0.5, 0.6) is 5.75 Å². The van der Waals surface area contributed by atoms with Gasteiger partial charge in [-0.05, 0) is 37.2 Å². The molecule has 0 spiro atoms. The predicted molar refractivity (Wildman–Crippen MR) is 77.7 cm³/mol. The summed E-state index contributed by atoms with van der Waals surface area (Å²) in [4.78, 5) is 4.42. The Morgan fingerprint density at radius 3 is 2.74 bits per heavy atom. The molecule has 0 aliphatic rings. The van der Waals surface area contributed by atoms with Crippen molar-refractivity contribution < 1.29 is 4.74 Å². The quantitative estimate of drug-likeness (QED) is 0.910. The highest BCUT2D eigenvalue weighted by molar-refractivity contribution is 6.31. The van der Waals surface area contributed by atoms with Crippen LogP contribution in [0.3, 0.4) is 0 Å². The van der Waals surface area contributed by atoms with Crippen LogP contribution in [0.4, 0.5) is 0 Å². The van der Waals surface area contributed by atoms with Crippen molar-refractivity contribution in [2.24, 2.45) is 0 Å². The van der Waals surface area contributed by atoms with Crippen molar-refractivity contribution in [2.75, 3.05) is 14.2 Å². The summed E-state index contributed by atoms with van der Waals surface area (Å²) in [5, 5.41) is 4.04. The van der Waals surface area contributed by atoms with Crippen LogP contribution in [0.1, 0.15) is 17.3 Å². The highest BCUT2D eigenvalue weighted by atomic mass is 35.5. The fourth-order valence-electron chi connectivity index (χ4n) is 2.06. The monoisotopic (exact) mass is 276 g/mol. The molecule has 1 atom stereocenters. The molecule has 0 saturated carbocycles. The van der Waals surface area contributed by atoms with Gasteiger partial charge in [0.2, 0.25) is 0 Å². The SMILES string of the molecule is CNC(Cc1ccccc1Cl)c1ncccc1OC. The largest absolute Gasteiger partial charge is 0.495 e. The maximum Gasteiger partial charge on any atom is 0.141 e. The molecule has 0 bridgehead atoms. The van der Waals surface area contributed by atoms with E-state index in [0.29, 0.717) is 0 Å². The third kappa shape index (κ3) is 3.25. The molecule has 0 saturated heterocycles. The minimum absolute atomic E-state index is 0.0658. The van der Waals surface area contributed by atoms with Gasteiger partial charge in [-0.25, -0.2) is 0 Å². The first-order chi connectivity index (χ1) is 9.26. The van der Waals surface area contributed by atoms with E-state index in [2.05, 4.69) is 10.3 Å². The van der Waals surface area contributed by atoms with E-state index in [1.54, 1.807) is 13.3 Å². The first-order valence-corrected chi connectivity index (χ1v) is 6.53. The molecule has 19 heavy (non-hydrogen) atoms. The van der Waals surface area contributed by atoms with E-state index in [1.807, 2.05) is 43.4 Å². The lowest BCUT2D eigenvalue weighted by molar-refractivity contribution is 0.396. The third-order valence-electron chi connectivity index (χ3n) is 3.08. The summed E-state index contributed by atoms with van der Waals surface area (Å²) < 4.78 is 5.36. The molecular weight excluding hydrogens is 260 g/mol. The summed E-state index contributed by atoms with van der Waals surface area (Å²) in [5.74, 6) is 0.786. The Morgan fingerprint density at radius 1 is 1.26 bits per heavy atom. The van der Waals surface area contributed by atoms with Crippen molar-refractivity contribution in [1.82, 2.24) is 10.3 Å². The Balaban J connectivity index is 2.28. The fraction of sp³-hybridized carbons (Fsp3) is 0.267. The van der Waals surface area contributed by atoms with Gasteiger partial charge in [-0.3, -0.25) is 4.98 Å². The molecule has 0 amide bonds. The minimum Gasteiger partial charge on any atom is -0.495 e. The second-order valence-electron chi connectivity index (χ2n) is 4.23. The molecule has 1 aromatic heterocycles. The fourth-order valence-corrected chi connectivity index (χ4v) is 2.27. The zero-order valence-electron chi connectivity index (χ0n) is 11.1. The number of hydrogen-bond acceptors (Lipinski definition) is 3. The number of methoxy groups -OCH3 is 1. The molecule has 0 aliphatic carbocycles. The molecule has 1 heterocycles. The van der Waals surface area contributed by atoms with E-state index in [1.165, 1.54) is 0 Å². The topological polar surface area (TPSA) is 34.2 Å². The number of nitrogens with zero attached hydrogens (tertiary/aromatic N) is 1. The van der Waals surface area contributed by atoms with E-state index in [0.717, 1.165) is 28.5 Å². The van der Waals surface area contributed by atoms with Gasteiger partial charge in [-0.2, -0.15) is 0 Å². The van der Waals surface area contributed by atoms with Crippen molar-refractivity contribution in [3.05, 3.63) is 58.9 Å². The summed E-state index contributed by atoms with van der Waals surface area (Å²) in [7, 11) is 3.57. The number of likely N-dealkylation sites (N-methyl/N-ethyl adjacent to an activating group) is 1. The molecule has 1 unspecified atom stereocenters. The zero-order chi connectivity index (χ0) is 13.7. The van der Waals surface area contributed by atoms with Gasteiger partial charge in [0.05, 0.1) is 18.8 Å². The lowest BCUT2D eigenvalue weighted by Gasteiger charge is -2.18. The molecule has 100 valence electrons. The van der Waals surface area contributed by atoms with Crippen LogP contribution in [0.15, 0.2) is 42.6 Å². The molecule has 0 fully saturated rings. The molecule has 2 rings (SSSR count). The second-order valence-corrected chi connectivity index (χ2v) is 4.63. The van der Waals surface area contributed by atoms with E-state index in [-0.39, 0.29) is 6.04 Å². The minimum atomic E-state index is 0.0658. The van der Waals surface area contributed by atoms with Crippen molar-refractivity contribution in [2.45, 2.75) is 12.5 Å². The molecular formula is C15H17ClN2O. The van der Waals surface area contributed by atoms with Gasteiger partial charge in [0.15, 0.2) is 0 Å². The second kappa shape index (κ2) is 6.55. The van der Waals surface area contributed by atoms with Crippen LogP contribution >= 0.6 is 11.6 Å². The van der Waals surface area contributed by atoms with Gasteiger partial charge in [0.1, 0.15) is 5.75 Å². The number of halogens is 1. The maximum atomic E-state index is 6.21. The number of benzene rings is 1. The van der Waals surface area contributed by atoms with E-state index in [9.17, 15) is 0 Å². The van der Waals surface area contributed by atoms with Crippen molar-refractivity contribution in [1.29, 1.82) is 0 Å². The number of nitrogens with one attached hydrogen (secondary N) is 1. The number of hydrogen-bond donors (Lipinski definition) is 1. The Labute approximate surface area is 118 Å². The molecule has 4 heteroatoms. The molecule has 2 aromatic rings. The van der Waals surface area contributed by atoms with Gasteiger partial charge in [0.25, 0.3) is 0 Å². The lowest BCUT2D eigenvalue weighted by Crippen LogP contribution is -2.21. The number of pyridine rings is 1. The first-order valence-electron chi connectivity index (χ1n) is 6.16. The average molecular weight is 277 g/mol. The van der Waals surface area contributed by atoms with Gasteiger partial charge in [-0.15, -0.1) is 0 Å². The van der Waals surface area contributed by atoms with Gasteiger partial charge < -0.3 is 10.1 Å². The summed E-state index contributed by atoms with van der Waals surface area (Å²) in [5.41, 5.74) is 1.99. The molecule has 1 aromatic carbocycles.